The number of aliphatic imine (C=N–C) groups is 1. The zero-order valence-corrected chi connectivity index (χ0v) is 5.39. The van der Waals surface area contributed by atoms with E-state index in [1.807, 2.05) is 13.0 Å². The highest BCUT2D eigenvalue weighted by Gasteiger charge is 1.75. The SMILES string of the molecule is CCC=C(C)N=CN. The Morgan fingerprint density at radius 2 is 2.38 bits per heavy atom. The van der Waals surface area contributed by atoms with Crippen LogP contribution in [0.25, 0.3) is 0 Å². The molecular formula is C6H12N2. The van der Waals surface area contributed by atoms with Crippen LogP contribution in [0.4, 0.5) is 0 Å². The Morgan fingerprint density at radius 3 is 2.75 bits per heavy atom. The summed E-state index contributed by atoms with van der Waals surface area (Å²) in [5.41, 5.74) is 6.01. The molecule has 0 aromatic heterocycles. The fourth-order valence-electron chi connectivity index (χ4n) is 0.466. The van der Waals surface area contributed by atoms with E-state index in [2.05, 4.69) is 11.9 Å². The van der Waals surface area contributed by atoms with Crippen LogP contribution in [-0.2, 0) is 0 Å². The number of rotatable bonds is 2. The number of nitrogens with two attached hydrogens (primary N) is 1. The van der Waals surface area contributed by atoms with Crippen molar-refractivity contribution in [3.8, 4) is 0 Å². The van der Waals surface area contributed by atoms with Gasteiger partial charge in [0.2, 0.25) is 0 Å². The Kier molecular flexibility index (Phi) is 3.94. The predicted molar refractivity (Wildman–Crippen MR) is 36.7 cm³/mol. The molecule has 0 aliphatic heterocycles. The Morgan fingerprint density at radius 1 is 1.75 bits per heavy atom. The van der Waals surface area contributed by atoms with Gasteiger partial charge in [-0.1, -0.05) is 13.0 Å². The quantitative estimate of drug-likeness (QED) is 0.424. The molecule has 0 saturated heterocycles. The van der Waals surface area contributed by atoms with Crippen molar-refractivity contribution in [2.75, 3.05) is 0 Å². The Labute approximate surface area is 50.1 Å². The van der Waals surface area contributed by atoms with Crippen molar-refractivity contribution >= 4 is 6.34 Å². The summed E-state index contributed by atoms with van der Waals surface area (Å²) in [6.45, 7) is 3.99. The van der Waals surface area contributed by atoms with E-state index in [9.17, 15) is 0 Å². The third-order valence-corrected chi connectivity index (χ3v) is 0.778. The molecule has 0 amide bonds. The highest BCUT2D eigenvalue weighted by Crippen LogP contribution is 1.93. The molecule has 0 unspecified atom stereocenters. The van der Waals surface area contributed by atoms with Crippen LogP contribution in [0.5, 0.6) is 0 Å². The summed E-state index contributed by atoms with van der Waals surface area (Å²) in [5, 5.41) is 0. The summed E-state index contributed by atoms with van der Waals surface area (Å²) < 4.78 is 0. The molecule has 8 heavy (non-hydrogen) atoms. The van der Waals surface area contributed by atoms with E-state index in [0.29, 0.717) is 0 Å². The van der Waals surface area contributed by atoms with Gasteiger partial charge in [0.25, 0.3) is 0 Å². The number of allylic oxidation sites excluding steroid dienone is 2. The van der Waals surface area contributed by atoms with E-state index in [1.165, 1.54) is 6.34 Å². The molecule has 0 radical (unpaired) electrons. The molecule has 0 aromatic rings. The molecule has 0 spiro atoms. The van der Waals surface area contributed by atoms with Crippen LogP contribution in [-0.4, -0.2) is 6.34 Å². The van der Waals surface area contributed by atoms with Crippen LogP contribution in [0.3, 0.4) is 0 Å². The minimum absolute atomic E-state index is 0.981. The van der Waals surface area contributed by atoms with Crippen LogP contribution in [0.2, 0.25) is 0 Å². The monoisotopic (exact) mass is 112 g/mol. The summed E-state index contributed by atoms with van der Waals surface area (Å²) in [6, 6.07) is 0. The molecule has 2 nitrogen and oxygen atoms in total. The maximum absolute atomic E-state index is 5.03. The van der Waals surface area contributed by atoms with Crippen LogP contribution in [0.1, 0.15) is 20.3 Å². The van der Waals surface area contributed by atoms with Crippen molar-refractivity contribution in [1.82, 2.24) is 0 Å². The van der Waals surface area contributed by atoms with Crippen LogP contribution >= 0.6 is 0 Å². The van der Waals surface area contributed by atoms with Crippen molar-refractivity contribution in [2.24, 2.45) is 10.7 Å². The minimum Gasteiger partial charge on any atom is -0.390 e. The van der Waals surface area contributed by atoms with Gasteiger partial charge in [0.15, 0.2) is 0 Å². The van der Waals surface area contributed by atoms with Crippen molar-refractivity contribution in [2.45, 2.75) is 20.3 Å². The molecule has 0 rings (SSSR count). The summed E-state index contributed by atoms with van der Waals surface area (Å²) >= 11 is 0. The maximum Gasteiger partial charge on any atom is 0.0855 e. The second kappa shape index (κ2) is 4.37. The molecule has 0 aliphatic carbocycles. The van der Waals surface area contributed by atoms with E-state index in [-0.39, 0.29) is 0 Å². The van der Waals surface area contributed by atoms with Crippen molar-refractivity contribution in [3.63, 3.8) is 0 Å². The van der Waals surface area contributed by atoms with E-state index >= 15 is 0 Å². The molecule has 0 saturated carbocycles. The molecule has 0 heterocycles. The molecule has 0 bridgehead atoms. The van der Waals surface area contributed by atoms with Crippen molar-refractivity contribution < 1.29 is 0 Å². The topological polar surface area (TPSA) is 38.4 Å². The lowest BCUT2D eigenvalue weighted by Crippen LogP contribution is -1.87. The number of hydrogen-bond donors (Lipinski definition) is 1. The zero-order valence-electron chi connectivity index (χ0n) is 5.39. The highest BCUT2D eigenvalue weighted by molar-refractivity contribution is 5.53. The summed E-state index contributed by atoms with van der Waals surface area (Å²) in [5.74, 6) is 0. The second-order valence-corrected chi connectivity index (χ2v) is 1.53. The third kappa shape index (κ3) is 3.40. The van der Waals surface area contributed by atoms with Gasteiger partial charge in [-0.3, -0.25) is 0 Å². The van der Waals surface area contributed by atoms with Crippen LogP contribution < -0.4 is 5.73 Å². The molecule has 46 valence electrons. The van der Waals surface area contributed by atoms with Gasteiger partial charge in [-0.2, -0.15) is 0 Å². The molecule has 0 aliphatic rings. The lowest BCUT2D eigenvalue weighted by molar-refractivity contribution is 1.16. The van der Waals surface area contributed by atoms with Crippen LogP contribution in [0, 0.1) is 0 Å². The first kappa shape index (κ1) is 7.21. The standard InChI is InChI=1S/C6H12N2/c1-3-4-6(2)8-5-7/h4-5H,3H2,1-2H3,(H2,7,8). The van der Waals surface area contributed by atoms with Gasteiger partial charge in [-0.05, 0) is 13.3 Å². The maximum atomic E-state index is 5.03. The smallest absolute Gasteiger partial charge is 0.0855 e. The summed E-state index contributed by atoms with van der Waals surface area (Å²) in [4.78, 5) is 3.83. The summed E-state index contributed by atoms with van der Waals surface area (Å²) in [6.07, 6.45) is 4.34. The first-order valence-corrected chi connectivity index (χ1v) is 2.72. The first-order valence-electron chi connectivity index (χ1n) is 2.72. The van der Waals surface area contributed by atoms with Crippen LogP contribution in [0.15, 0.2) is 16.8 Å². The lowest BCUT2D eigenvalue weighted by Gasteiger charge is -1.85. The molecule has 0 aromatic carbocycles. The molecule has 0 atom stereocenters. The first-order chi connectivity index (χ1) is 3.81. The fraction of sp³-hybridized carbons (Fsp3) is 0.500. The fourth-order valence-corrected chi connectivity index (χ4v) is 0.466. The highest BCUT2D eigenvalue weighted by atomic mass is 14.8. The number of nitrogens with zero attached hydrogens (tertiary/aromatic N) is 1. The van der Waals surface area contributed by atoms with Gasteiger partial charge in [0, 0.05) is 5.70 Å². The zero-order chi connectivity index (χ0) is 6.41. The normalized spacial score (nSPS) is 13.0. The van der Waals surface area contributed by atoms with Gasteiger partial charge >= 0.3 is 0 Å². The lowest BCUT2D eigenvalue weighted by atomic mass is 10.4. The Bertz CT molecular complexity index is 103. The third-order valence-electron chi connectivity index (χ3n) is 0.778. The molecular weight excluding hydrogens is 100 g/mol. The van der Waals surface area contributed by atoms with E-state index < -0.39 is 0 Å². The van der Waals surface area contributed by atoms with Gasteiger partial charge in [-0.25, -0.2) is 4.99 Å². The van der Waals surface area contributed by atoms with E-state index in [1.54, 1.807) is 0 Å². The Hall–Kier alpha value is -0.790. The summed E-state index contributed by atoms with van der Waals surface area (Å²) in [7, 11) is 0. The second-order valence-electron chi connectivity index (χ2n) is 1.53. The van der Waals surface area contributed by atoms with Gasteiger partial charge in [-0.15, -0.1) is 0 Å². The van der Waals surface area contributed by atoms with E-state index in [0.717, 1.165) is 12.1 Å². The Balaban J connectivity index is 3.61. The van der Waals surface area contributed by atoms with Gasteiger partial charge < -0.3 is 5.73 Å². The largest absolute Gasteiger partial charge is 0.390 e. The van der Waals surface area contributed by atoms with Crippen molar-refractivity contribution in [1.29, 1.82) is 0 Å². The number of hydrogen-bond acceptors (Lipinski definition) is 1. The molecule has 0 fully saturated rings. The molecule has 2 heteroatoms. The van der Waals surface area contributed by atoms with E-state index in [4.69, 9.17) is 5.73 Å². The average molecular weight is 112 g/mol. The average Bonchev–Trinajstić information content (AvgIpc) is 1.68. The van der Waals surface area contributed by atoms with Gasteiger partial charge in [0.1, 0.15) is 0 Å². The van der Waals surface area contributed by atoms with Gasteiger partial charge in [0.05, 0.1) is 6.34 Å². The predicted octanol–water partition coefficient (Wildman–Crippen LogP) is 1.29. The minimum atomic E-state index is 0.981. The van der Waals surface area contributed by atoms with Crippen molar-refractivity contribution in [3.05, 3.63) is 11.8 Å². The molecule has 2 N–H and O–H groups in total.